The molecule has 0 amide bonds. The third-order valence-electron chi connectivity index (χ3n) is 5.87. The van der Waals surface area contributed by atoms with Crippen LogP contribution in [-0.2, 0) is 11.3 Å². The number of hydrogen-bond acceptors (Lipinski definition) is 5. The number of rotatable bonds is 10. The minimum atomic E-state index is -0.377. The minimum Gasteiger partial charge on any atom is -0.493 e. The molecule has 6 heteroatoms. The summed E-state index contributed by atoms with van der Waals surface area (Å²) in [6.07, 6.45) is 2.32. The average molecular weight is 564 g/mol. The summed E-state index contributed by atoms with van der Waals surface area (Å²) in [6, 6.07) is 23.7. The van der Waals surface area contributed by atoms with E-state index in [2.05, 4.69) is 32.7 Å². The number of H-pyrrole nitrogens is 1. The van der Waals surface area contributed by atoms with E-state index < -0.39 is 0 Å². The van der Waals surface area contributed by atoms with Crippen molar-refractivity contribution in [1.82, 2.24) is 4.98 Å². The highest BCUT2D eigenvalue weighted by Crippen LogP contribution is 2.36. The fraction of sp³-hybridized carbons (Fsp3) is 0.400. The van der Waals surface area contributed by atoms with E-state index in [4.69, 9.17) is 19.3 Å². The smallest absolute Gasteiger partial charge is 0.355 e. The van der Waals surface area contributed by atoms with Gasteiger partial charge in [-0.15, -0.1) is 0 Å². The van der Waals surface area contributed by atoms with Crippen molar-refractivity contribution in [2.24, 2.45) is 5.92 Å². The lowest BCUT2D eigenvalue weighted by molar-refractivity contribution is 0.0521. The zero-order valence-corrected chi connectivity index (χ0v) is 26.1. The van der Waals surface area contributed by atoms with E-state index in [9.17, 15) is 4.79 Å². The largest absolute Gasteiger partial charge is 0.493 e. The highest BCUT2D eigenvalue weighted by Gasteiger charge is 2.21. The first kappa shape index (κ1) is 35.3. The van der Waals surface area contributed by atoms with Crippen molar-refractivity contribution < 1.29 is 24.1 Å². The molecule has 0 saturated heterocycles. The van der Waals surface area contributed by atoms with Crippen molar-refractivity contribution in [3.63, 3.8) is 0 Å². The molecule has 2 N–H and O–H groups in total. The summed E-state index contributed by atoms with van der Waals surface area (Å²) in [5, 5.41) is 7.90. The number of aromatic amines is 1. The van der Waals surface area contributed by atoms with E-state index in [0.29, 0.717) is 31.4 Å². The molecule has 0 aliphatic rings. The Kier molecular flexibility index (Phi) is 17.3. The van der Waals surface area contributed by atoms with Gasteiger partial charge in [0.15, 0.2) is 0 Å². The molecule has 1 heterocycles. The van der Waals surface area contributed by atoms with Gasteiger partial charge in [0.1, 0.15) is 23.8 Å². The summed E-state index contributed by atoms with van der Waals surface area (Å²) in [7, 11) is 1.00. The molecule has 1 aromatic heterocycles. The zero-order valence-electron chi connectivity index (χ0n) is 26.1. The van der Waals surface area contributed by atoms with Crippen molar-refractivity contribution >= 4 is 16.9 Å². The number of benzene rings is 3. The van der Waals surface area contributed by atoms with Crippen LogP contribution in [-0.4, -0.2) is 36.4 Å². The number of hydrogen-bond donors (Lipinski definition) is 2. The fourth-order valence-corrected chi connectivity index (χ4v) is 3.73. The monoisotopic (exact) mass is 563 g/mol. The van der Waals surface area contributed by atoms with Gasteiger partial charge in [-0.3, -0.25) is 0 Å². The molecule has 0 fully saturated rings. The van der Waals surface area contributed by atoms with Gasteiger partial charge in [0.2, 0.25) is 0 Å². The number of carbonyl (C=O) groups is 1. The topological polar surface area (TPSA) is 80.8 Å². The van der Waals surface area contributed by atoms with Crippen LogP contribution >= 0.6 is 0 Å². The lowest BCUT2D eigenvalue weighted by Gasteiger charge is -2.12. The maximum absolute atomic E-state index is 12.8. The maximum atomic E-state index is 12.8. The molecule has 4 rings (SSSR count). The van der Waals surface area contributed by atoms with E-state index in [-0.39, 0.29) is 5.97 Å². The Labute approximate surface area is 246 Å². The molecule has 0 bridgehead atoms. The van der Waals surface area contributed by atoms with E-state index in [1.54, 1.807) is 6.92 Å². The number of carbonyl (C=O) groups excluding carboxylic acids is 1. The summed E-state index contributed by atoms with van der Waals surface area (Å²) in [4.78, 5) is 16.0. The number of aliphatic hydroxyl groups excluding tert-OH is 1. The average Bonchev–Trinajstić information content (AvgIpc) is 3.41. The van der Waals surface area contributed by atoms with Crippen molar-refractivity contribution in [3.8, 4) is 22.6 Å². The van der Waals surface area contributed by atoms with Crippen LogP contribution in [0.4, 0.5) is 0 Å². The number of esters is 1. The Morgan fingerprint density at radius 2 is 1.46 bits per heavy atom. The SMILES string of the molecule is CC.CCC.CCOC(=O)c1[nH]c2ccc(OCc3ccccc3)cc2c1-c1ccc(OCC(C)CC)cc1.CO. The molecule has 3 aromatic carbocycles. The molecule has 4 aromatic rings. The summed E-state index contributed by atoms with van der Waals surface area (Å²) in [6.45, 7) is 15.8. The fourth-order valence-electron chi connectivity index (χ4n) is 3.73. The summed E-state index contributed by atoms with van der Waals surface area (Å²) in [5.41, 5.74) is 4.09. The van der Waals surface area contributed by atoms with Gasteiger partial charge in [0.05, 0.1) is 13.2 Å². The zero-order chi connectivity index (χ0) is 30.6. The highest BCUT2D eigenvalue weighted by molar-refractivity contribution is 6.08. The second-order valence-corrected chi connectivity index (χ2v) is 9.13. The third kappa shape index (κ3) is 11.0. The molecular weight excluding hydrogens is 514 g/mol. The lowest BCUT2D eigenvalue weighted by atomic mass is 10.0. The van der Waals surface area contributed by atoms with E-state index in [1.807, 2.05) is 86.6 Å². The molecule has 0 radical (unpaired) electrons. The molecule has 6 nitrogen and oxygen atoms in total. The molecule has 1 unspecified atom stereocenters. The molecule has 1 atom stereocenters. The van der Waals surface area contributed by atoms with Crippen LogP contribution in [0.3, 0.4) is 0 Å². The van der Waals surface area contributed by atoms with Crippen molar-refractivity contribution in [2.45, 2.75) is 67.9 Å². The quantitative estimate of drug-likeness (QED) is 0.188. The van der Waals surface area contributed by atoms with E-state index >= 15 is 0 Å². The number of aromatic nitrogens is 1. The normalized spacial score (nSPS) is 10.6. The van der Waals surface area contributed by atoms with Gasteiger partial charge in [-0.25, -0.2) is 4.79 Å². The van der Waals surface area contributed by atoms with Crippen LogP contribution in [0.25, 0.3) is 22.0 Å². The maximum Gasteiger partial charge on any atom is 0.355 e. The van der Waals surface area contributed by atoms with Crippen LogP contribution in [0.1, 0.15) is 77.4 Å². The van der Waals surface area contributed by atoms with Crippen molar-refractivity contribution in [3.05, 3.63) is 84.1 Å². The molecule has 0 aliphatic carbocycles. The van der Waals surface area contributed by atoms with Crippen molar-refractivity contribution in [1.29, 1.82) is 0 Å². The number of aliphatic hydroxyl groups is 1. The number of nitrogens with one attached hydrogen (secondary N) is 1. The van der Waals surface area contributed by atoms with Gasteiger partial charge in [0, 0.05) is 23.6 Å². The molecule has 0 aliphatic heterocycles. The molecular formula is C35H49NO5. The van der Waals surface area contributed by atoms with Gasteiger partial charge >= 0.3 is 5.97 Å². The second kappa shape index (κ2) is 20.2. The van der Waals surface area contributed by atoms with Crippen molar-refractivity contribution in [2.75, 3.05) is 20.3 Å². The van der Waals surface area contributed by atoms with Crippen LogP contribution < -0.4 is 9.47 Å². The first-order valence-corrected chi connectivity index (χ1v) is 14.7. The highest BCUT2D eigenvalue weighted by atomic mass is 16.5. The second-order valence-electron chi connectivity index (χ2n) is 9.13. The minimum absolute atomic E-state index is 0.307. The van der Waals surface area contributed by atoms with Gasteiger partial charge in [-0.05, 0) is 54.3 Å². The molecule has 0 saturated carbocycles. The number of fused-ring (bicyclic) bond motifs is 1. The Balaban J connectivity index is 0.00000110. The van der Waals surface area contributed by atoms with Crippen LogP contribution in [0.15, 0.2) is 72.8 Å². The van der Waals surface area contributed by atoms with E-state index in [0.717, 1.165) is 52.6 Å². The van der Waals surface area contributed by atoms with E-state index in [1.165, 1.54) is 6.42 Å². The Morgan fingerprint density at radius 3 is 2.05 bits per heavy atom. The first-order chi connectivity index (χ1) is 20.0. The summed E-state index contributed by atoms with van der Waals surface area (Å²) < 4.78 is 17.3. The third-order valence-corrected chi connectivity index (χ3v) is 5.87. The Morgan fingerprint density at radius 1 is 0.854 bits per heavy atom. The van der Waals surface area contributed by atoms with Gasteiger partial charge in [-0.2, -0.15) is 0 Å². The number of ether oxygens (including phenoxy) is 3. The predicted octanol–water partition coefficient (Wildman–Crippen LogP) is 9.07. The Hall–Kier alpha value is -3.77. The van der Waals surface area contributed by atoms with Gasteiger partial charge in [0.25, 0.3) is 0 Å². The molecule has 0 spiro atoms. The summed E-state index contributed by atoms with van der Waals surface area (Å²) in [5.74, 6) is 1.67. The molecule has 224 valence electrons. The van der Waals surface area contributed by atoms with Crippen LogP contribution in [0.5, 0.6) is 11.5 Å². The van der Waals surface area contributed by atoms with Crippen LogP contribution in [0.2, 0.25) is 0 Å². The van der Waals surface area contributed by atoms with Crippen LogP contribution in [0, 0.1) is 5.92 Å². The van der Waals surface area contributed by atoms with Gasteiger partial charge in [-0.1, -0.05) is 96.8 Å². The van der Waals surface area contributed by atoms with Gasteiger partial charge < -0.3 is 24.3 Å². The summed E-state index contributed by atoms with van der Waals surface area (Å²) >= 11 is 0. The lowest BCUT2D eigenvalue weighted by Crippen LogP contribution is -2.07. The Bertz CT molecular complexity index is 1250. The predicted molar refractivity (Wildman–Crippen MR) is 171 cm³/mol. The first-order valence-electron chi connectivity index (χ1n) is 14.7. The molecule has 41 heavy (non-hydrogen) atoms. The standard InChI is InChI=1S/C29H31NO4.C3H8.C2H6.CH4O/c1-4-20(3)18-33-23-13-11-22(12-14-23)27-25-17-24(34-19-21-9-7-6-8-10-21)15-16-26(25)30-28(27)29(31)32-5-2;1-3-2;2*1-2/h6-17,20,30H,4-5,18-19H2,1-3H3;3H2,1-2H3;1-2H3;2H,1H3.